The van der Waals surface area contributed by atoms with Gasteiger partial charge in [0, 0.05) is 18.0 Å². The second-order valence-electron chi connectivity index (χ2n) is 7.28. The fraction of sp³-hybridized carbons (Fsp3) is 0.208. The summed E-state index contributed by atoms with van der Waals surface area (Å²) in [4.78, 5) is 16.6. The molecule has 7 heteroatoms. The lowest BCUT2D eigenvalue weighted by Gasteiger charge is -2.29. The van der Waals surface area contributed by atoms with Gasteiger partial charge in [-0.2, -0.15) is 0 Å². The number of benzene rings is 2. The number of hydrogen-bond acceptors (Lipinski definition) is 7. The van der Waals surface area contributed by atoms with Gasteiger partial charge in [-0.25, -0.2) is 0 Å². The van der Waals surface area contributed by atoms with Crippen LogP contribution in [-0.4, -0.2) is 25.3 Å². The predicted octanol–water partition coefficient (Wildman–Crippen LogP) is 5.05. The van der Waals surface area contributed by atoms with E-state index in [1.54, 1.807) is 48.8 Å². The van der Waals surface area contributed by atoms with Gasteiger partial charge in [0.25, 0.3) is 0 Å². The van der Waals surface area contributed by atoms with Gasteiger partial charge in [-0.15, -0.1) is 11.3 Å². The zero-order chi connectivity index (χ0) is 21.2. The van der Waals surface area contributed by atoms with Gasteiger partial charge in [0.15, 0.2) is 0 Å². The van der Waals surface area contributed by atoms with Gasteiger partial charge in [0.1, 0.15) is 35.8 Å². The van der Waals surface area contributed by atoms with Crippen LogP contribution in [0.3, 0.4) is 0 Å². The van der Waals surface area contributed by atoms with E-state index in [2.05, 4.69) is 22.4 Å². The summed E-state index contributed by atoms with van der Waals surface area (Å²) in [7, 11) is 1.60. The van der Waals surface area contributed by atoms with Crippen molar-refractivity contribution in [1.29, 1.82) is 0 Å². The Kier molecular flexibility index (Phi) is 5.36. The Morgan fingerprint density at radius 1 is 1.10 bits per heavy atom. The van der Waals surface area contributed by atoms with Crippen LogP contribution in [0.25, 0.3) is 11.0 Å². The molecule has 1 aliphatic heterocycles. The van der Waals surface area contributed by atoms with E-state index in [1.807, 2.05) is 6.07 Å². The standard InChI is InChI=1S/C24H21NO5S/c1-27-16-4-6-17(7-5-16)30-22-14-28-24-19(23(22)26)8-9-21-20(24)13-25(15-29-21)11-10-18-3-2-12-31-18/h2-9,12,14H,10-11,13,15H2,1H3. The van der Waals surface area contributed by atoms with Crippen LogP contribution >= 0.6 is 11.3 Å². The molecule has 0 saturated heterocycles. The molecular weight excluding hydrogens is 414 g/mol. The average molecular weight is 436 g/mol. The van der Waals surface area contributed by atoms with Crippen molar-refractivity contribution in [3.8, 4) is 23.0 Å². The molecule has 2 aromatic heterocycles. The fourth-order valence-electron chi connectivity index (χ4n) is 3.64. The predicted molar refractivity (Wildman–Crippen MR) is 119 cm³/mol. The molecule has 0 aliphatic carbocycles. The molecule has 0 fully saturated rings. The highest BCUT2D eigenvalue weighted by molar-refractivity contribution is 7.09. The summed E-state index contributed by atoms with van der Waals surface area (Å²) in [5.74, 6) is 2.15. The first-order valence-electron chi connectivity index (χ1n) is 9.98. The molecule has 0 atom stereocenters. The number of fused-ring (bicyclic) bond motifs is 3. The molecule has 1 aliphatic rings. The maximum absolute atomic E-state index is 13.0. The molecule has 2 aromatic carbocycles. The molecule has 4 aromatic rings. The highest BCUT2D eigenvalue weighted by Gasteiger charge is 2.23. The number of thiophene rings is 1. The van der Waals surface area contributed by atoms with E-state index in [4.69, 9.17) is 18.6 Å². The molecule has 0 spiro atoms. The Bertz CT molecular complexity index is 1250. The summed E-state index contributed by atoms with van der Waals surface area (Å²) in [5.41, 5.74) is 1.23. The van der Waals surface area contributed by atoms with Gasteiger partial charge in [-0.3, -0.25) is 9.69 Å². The molecule has 0 unspecified atom stereocenters. The Hall–Kier alpha value is -3.29. The highest BCUT2D eigenvalue weighted by atomic mass is 32.1. The molecule has 0 bridgehead atoms. The van der Waals surface area contributed by atoms with E-state index in [0.29, 0.717) is 35.7 Å². The number of rotatable bonds is 6. The smallest absolute Gasteiger partial charge is 0.235 e. The van der Waals surface area contributed by atoms with E-state index >= 15 is 0 Å². The summed E-state index contributed by atoms with van der Waals surface area (Å²) >= 11 is 1.76. The second-order valence-corrected chi connectivity index (χ2v) is 8.31. The molecule has 0 saturated carbocycles. The summed E-state index contributed by atoms with van der Waals surface area (Å²) in [6.07, 6.45) is 2.34. The van der Waals surface area contributed by atoms with Gasteiger partial charge in [-0.05, 0) is 54.3 Å². The molecule has 5 rings (SSSR count). The third-order valence-electron chi connectivity index (χ3n) is 5.30. The molecule has 3 heterocycles. The number of hydrogen-bond donors (Lipinski definition) is 0. The molecule has 158 valence electrons. The molecule has 31 heavy (non-hydrogen) atoms. The van der Waals surface area contributed by atoms with Crippen molar-refractivity contribution in [2.45, 2.75) is 13.0 Å². The van der Waals surface area contributed by atoms with Crippen molar-refractivity contribution in [2.24, 2.45) is 0 Å². The highest BCUT2D eigenvalue weighted by Crippen LogP contribution is 2.33. The van der Waals surface area contributed by atoms with Crippen molar-refractivity contribution in [2.75, 3.05) is 20.4 Å². The van der Waals surface area contributed by atoms with E-state index < -0.39 is 0 Å². The number of nitrogens with zero attached hydrogens (tertiary/aromatic N) is 1. The van der Waals surface area contributed by atoms with Crippen molar-refractivity contribution in [3.05, 3.63) is 80.8 Å². The molecular formula is C24H21NO5S. The van der Waals surface area contributed by atoms with Crippen LogP contribution in [-0.2, 0) is 13.0 Å². The van der Waals surface area contributed by atoms with Crippen LogP contribution < -0.4 is 19.6 Å². The fourth-order valence-corrected chi connectivity index (χ4v) is 4.34. The van der Waals surface area contributed by atoms with Crippen molar-refractivity contribution < 1.29 is 18.6 Å². The Morgan fingerprint density at radius 3 is 2.71 bits per heavy atom. The molecule has 0 N–H and O–H groups in total. The Balaban J connectivity index is 1.40. The van der Waals surface area contributed by atoms with Crippen LogP contribution in [0, 0.1) is 0 Å². The van der Waals surface area contributed by atoms with Crippen LogP contribution in [0.1, 0.15) is 10.4 Å². The maximum Gasteiger partial charge on any atom is 0.235 e. The third kappa shape index (κ3) is 4.02. The van der Waals surface area contributed by atoms with Gasteiger partial charge in [0.2, 0.25) is 11.2 Å². The van der Waals surface area contributed by atoms with Crippen molar-refractivity contribution in [3.63, 3.8) is 0 Å². The van der Waals surface area contributed by atoms with Crippen molar-refractivity contribution in [1.82, 2.24) is 4.90 Å². The zero-order valence-electron chi connectivity index (χ0n) is 17.0. The number of ether oxygens (including phenoxy) is 3. The Labute approximate surface area is 183 Å². The summed E-state index contributed by atoms with van der Waals surface area (Å²) < 4.78 is 22.7. The lowest BCUT2D eigenvalue weighted by Crippen LogP contribution is -2.33. The normalized spacial score (nSPS) is 13.6. The van der Waals surface area contributed by atoms with Gasteiger partial charge in [-0.1, -0.05) is 6.07 Å². The van der Waals surface area contributed by atoms with Crippen LogP contribution in [0.2, 0.25) is 0 Å². The average Bonchev–Trinajstić information content (AvgIpc) is 3.33. The largest absolute Gasteiger partial charge is 0.497 e. The van der Waals surface area contributed by atoms with E-state index in [1.165, 1.54) is 11.1 Å². The van der Waals surface area contributed by atoms with E-state index in [9.17, 15) is 4.79 Å². The topological polar surface area (TPSA) is 61.1 Å². The van der Waals surface area contributed by atoms with Gasteiger partial charge >= 0.3 is 0 Å². The van der Waals surface area contributed by atoms with Crippen LogP contribution in [0.15, 0.2) is 69.4 Å². The first-order chi connectivity index (χ1) is 15.2. The van der Waals surface area contributed by atoms with E-state index in [-0.39, 0.29) is 11.2 Å². The van der Waals surface area contributed by atoms with Crippen molar-refractivity contribution >= 4 is 22.3 Å². The maximum atomic E-state index is 13.0. The second kappa shape index (κ2) is 8.45. The zero-order valence-corrected chi connectivity index (χ0v) is 17.8. The minimum atomic E-state index is -0.212. The van der Waals surface area contributed by atoms with Gasteiger partial charge in [0.05, 0.1) is 18.1 Å². The minimum absolute atomic E-state index is 0.142. The summed E-state index contributed by atoms with van der Waals surface area (Å²) in [6, 6.07) is 14.8. The van der Waals surface area contributed by atoms with Crippen LogP contribution in [0.5, 0.6) is 23.0 Å². The summed E-state index contributed by atoms with van der Waals surface area (Å²) in [6.45, 7) is 2.06. The van der Waals surface area contributed by atoms with Crippen LogP contribution in [0.4, 0.5) is 0 Å². The number of methoxy groups -OCH3 is 1. The van der Waals surface area contributed by atoms with Gasteiger partial charge < -0.3 is 18.6 Å². The SMILES string of the molecule is COc1ccc(Oc2coc3c4c(ccc3c2=O)OCN(CCc2cccs2)C4)cc1. The molecule has 0 radical (unpaired) electrons. The quantitative estimate of drug-likeness (QED) is 0.422. The molecule has 6 nitrogen and oxygen atoms in total. The lowest BCUT2D eigenvalue weighted by molar-refractivity contribution is 0.0970. The lowest BCUT2D eigenvalue weighted by atomic mass is 10.1. The monoisotopic (exact) mass is 435 g/mol. The summed E-state index contributed by atoms with van der Waals surface area (Å²) in [5, 5.41) is 2.57. The minimum Gasteiger partial charge on any atom is -0.497 e. The Morgan fingerprint density at radius 2 is 1.94 bits per heavy atom. The molecule has 0 amide bonds. The third-order valence-corrected chi connectivity index (χ3v) is 6.23. The first-order valence-corrected chi connectivity index (χ1v) is 10.9. The van der Waals surface area contributed by atoms with E-state index in [0.717, 1.165) is 24.3 Å². The first kappa shape index (κ1) is 19.7.